The smallest absolute Gasteiger partial charge is 0.240 e. The molecule has 1 heterocycles. The molecular weight excluding hydrogens is 368 g/mol. The van der Waals surface area contributed by atoms with E-state index >= 15 is 0 Å². The predicted molar refractivity (Wildman–Crippen MR) is 108 cm³/mol. The SMILES string of the molecule is CN=C(NCc1ccc(S(=O)(=O)NC)cc1)NCC(C)(C)c1cccs1. The van der Waals surface area contributed by atoms with Gasteiger partial charge in [0.25, 0.3) is 0 Å². The zero-order valence-electron chi connectivity index (χ0n) is 15.5. The van der Waals surface area contributed by atoms with Crippen LogP contribution in [0.15, 0.2) is 51.7 Å². The second-order valence-corrected chi connectivity index (χ2v) is 9.33. The lowest BCUT2D eigenvalue weighted by Gasteiger charge is -2.25. The second kappa shape index (κ2) is 8.66. The summed E-state index contributed by atoms with van der Waals surface area (Å²) in [5, 5.41) is 8.69. The van der Waals surface area contributed by atoms with E-state index in [1.165, 1.54) is 11.9 Å². The first-order chi connectivity index (χ1) is 12.3. The van der Waals surface area contributed by atoms with Gasteiger partial charge >= 0.3 is 0 Å². The molecule has 0 aliphatic carbocycles. The fraction of sp³-hybridized carbons (Fsp3) is 0.389. The van der Waals surface area contributed by atoms with E-state index in [2.05, 4.69) is 51.7 Å². The van der Waals surface area contributed by atoms with Gasteiger partial charge in [-0.25, -0.2) is 13.1 Å². The first-order valence-electron chi connectivity index (χ1n) is 8.29. The predicted octanol–water partition coefficient (Wildman–Crippen LogP) is 2.30. The molecule has 0 bridgehead atoms. The van der Waals surface area contributed by atoms with Gasteiger partial charge in [0, 0.05) is 30.4 Å². The van der Waals surface area contributed by atoms with Crippen molar-refractivity contribution in [2.45, 2.75) is 30.7 Å². The molecule has 3 N–H and O–H groups in total. The Hall–Kier alpha value is -1.90. The molecular formula is C18H26N4O2S2. The third-order valence-corrected chi connectivity index (χ3v) is 6.74. The summed E-state index contributed by atoms with van der Waals surface area (Å²) in [6.45, 7) is 5.70. The maximum atomic E-state index is 11.7. The molecule has 0 aliphatic rings. The van der Waals surface area contributed by atoms with Crippen molar-refractivity contribution in [2.24, 2.45) is 4.99 Å². The van der Waals surface area contributed by atoms with Crippen molar-refractivity contribution in [1.29, 1.82) is 0 Å². The van der Waals surface area contributed by atoms with E-state index < -0.39 is 10.0 Å². The Bertz CT molecular complexity index is 827. The van der Waals surface area contributed by atoms with Crippen molar-refractivity contribution < 1.29 is 8.42 Å². The monoisotopic (exact) mass is 394 g/mol. The molecule has 0 radical (unpaired) electrons. The summed E-state index contributed by atoms with van der Waals surface area (Å²) in [6.07, 6.45) is 0. The lowest BCUT2D eigenvalue weighted by atomic mass is 9.91. The summed E-state index contributed by atoms with van der Waals surface area (Å²) in [7, 11) is -0.270. The summed E-state index contributed by atoms with van der Waals surface area (Å²) < 4.78 is 25.8. The average molecular weight is 395 g/mol. The second-order valence-electron chi connectivity index (χ2n) is 6.49. The highest BCUT2D eigenvalue weighted by Crippen LogP contribution is 2.26. The Balaban J connectivity index is 1.91. The lowest BCUT2D eigenvalue weighted by molar-refractivity contribution is 0.518. The van der Waals surface area contributed by atoms with Crippen LogP contribution >= 0.6 is 11.3 Å². The van der Waals surface area contributed by atoms with Crippen LogP contribution in [0.5, 0.6) is 0 Å². The van der Waals surface area contributed by atoms with Crippen molar-refractivity contribution in [3.63, 3.8) is 0 Å². The minimum absolute atomic E-state index is 0.00888. The zero-order valence-corrected chi connectivity index (χ0v) is 17.2. The molecule has 0 saturated heterocycles. The number of hydrogen-bond acceptors (Lipinski definition) is 4. The van der Waals surface area contributed by atoms with Crippen LogP contribution in [0.2, 0.25) is 0 Å². The van der Waals surface area contributed by atoms with Gasteiger partial charge in [-0.15, -0.1) is 11.3 Å². The number of nitrogens with zero attached hydrogens (tertiary/aromatic N) is 1. The Kier molecular flexibility index (Phi) is 6.80. The molecule has 1 aromatic heterocycles. The van der Waals surface area contributed by atoms with Gasteiger partial charge < -0.3 is 10.6 Å². The number of guanidine groups is 1. The summed E-state index contributed by atoms with van der Waals surface area (Å²) in [5.41, 5.74) is 0.982. The van der Waals surface area contributed by atoms with E-state index in [4.69, 9.17) is 0 Å². The maximum absolute atomic E-state index is 11.7. The van der Waals surface area contributed by atoms with Crippen LogP contribution in [0, 0.1) is 0 Å². The highest BCUT2D eigenvalue weighted by molar-refractivity contribution is 7.89. The van der Waals surface area contributed by atoms with Gasteiger partial charge in [-0.2, -0.15) is 0 Å². The van der Waals surface area contributed by atoms with Crippen LogP contribution in [-0.2, 0) is 22.0 Å². The average Bonchev–Trinajstić information content (AvgIpc) is 3.18. The van der Waals surface area contributed by atoms with Gasteiger partial charge in [0.05, 0.1) is 4.90 Å². The fourth-order valence-electron chi connectivity index (χ4n) is 2.37. The van der Waals surface area contributed by atoms with Crippen molar-refractivity contribution >= 4 is 27.3 Å². The van der Waals surface area contributed by atoms with Crippen molar-refractivity contribution in [3.05, 3.63) is 52.2 Å². The molecule has 0 fully saturated rings. The number of thiophene rings is 1. The summed E-state index contributed by atoms with van der Waals surface area (Å²) >= 11 is 1.75. The van der Waals surface area contributed by atoms with Crippen LogP contribution in [0.25, 0.3) is 0 Å². The molecule has 2 rings (SSSR count). The first-order valence-corrected chi connectivity index (χ1v) is 10.7. The van der Waals surface area contributed by atoms with Gasteiger partial charge in [-0.1, -0.05) is 32.0 Å². The molecule has 0 saturated carbocycles. The van der Waals surface area contributed by atoms with E-state index in [0.29, 0.717) is 12.5 Å². The van der Waals surface area contributed by atoms with Crippen LogP contribution in [0.4, 0.5) is 0 Å². The van der Waals surface area contributed by atoms with Crippen LogP contribution in [-0.4, -0.2) is 35.0 Å². The molecule has 0 amide bonds. The summed E-state index contributed by atoms with van der Waals surface area (Å²) in [4.78, 5) is 5.82. The van der Waals surface area contributed by atoms with Crippen LogP contribution in [0.3, 0.4) is 0 Å². The first kappa shape index (κ1) is 20.4. The number of sulfonamides is 1. The lowest BCUT2D eigenvalue weighted by Crippen LogP contribution is -2.42. The van der Waals surface area contributed by atoms with E-state index in [1.807, 2.05) is 0 Å². The Morgan fingerprint density at radius 1 is 1.15 bits per heavy atom. The number of rotatable bonds is 7. The molecule has 0 spiro atoms. The van der Waals surface area contributed by atoms with Crippen molar-refractivity contribution in [2.75, 3.05) is 20.6 Å². The van der Waals surface area contributed by atoms with Crippen LogP contribution < -0.4 is 15.4 Å². The standard InChI is InChI=1S/C18H26N4O2S2/c1-18(2,16-6-5-11-25-16)13-22-17(19-3)21-12-14-7-9-15(10-8-14)26(23,24)20-4/h5-11,20H,12-13H2,1-4H3,(H2,19,21,22). The van der Waals surface area contributed by atoms with Gasteiger partial charge in [0.2, 0.25) is 10.0 Å². The minimum Gasteiger partial charge on any atom is -0.356 e. The van der Waals surface area contributed by atoms with Gasteiger partial charge in [0.1, 0.15) is 0 Å². The van der Waals surface area contributed by atoms with Gasteiger partial charge in [0.15, 0.2) is 5.96 Å². The van der Waals surface area contributed by atoms with E-state index in [9.17, 15) is 8.42 Å². The van der Waals surface area contributed by atoms with Crippen molar-refractivity contribution in [3.8, 4) is 0 Å². The molecule has 8 heteroatoms. The highest BCUT2D eigenvalue weighted by atomic mass is 32.2. The fourth-order valence-corrected chi connectivity index (χ4v) is 3.95. The van der Waals surface area contributed by atoms with Crippen LogP contribution in [0.1, 0.15) is 24.3 Å². The quantitative estimate of drug-likeness (QED) is 0.497. The minimum atomic E-state index is -3.40. The highest BCUT2D eigenvalue weighted by Gasteiger charge is 2.21. The summed E-state index contributed by atoms with van der Waals surface area (Å²) in [5.74, 6) is 0.710. The van der Waals surface area contributed by atoms with Gasteiger partial charge in [-0.3, -0.25) is 4.99 Å². The normalized spacial score (nSPS) is 12.8. The molecule has 6 nitrogen and oxygen atoms in total. The molecule has 0 aliphatic heterocycles. The Labute approximate surface area is 159 Å². The molecule has 1 aromatic carbocycles. The Morgan fingerprint density at radius 2 is 1.85 bits per heavy atom. The maximum Gasteiger partial charge on any atom is 0.240 e. The van der Waals surface area contributed by atoms with E-state index in [-0.39, 0.29) is 10.3 Å². The third-order valence-electron chi connectivity index (χ3n) is 4.07. The van der Waals surface area contributed by atoms with Gasteiger partial charge in [-0.05, 0) is 36.2 Å². The molecule has 26 heavy (non-hydrogen) atoms. The topological polar surface area (TPSA) is 82.6 Å². The largest absolute Gasteiger partial charge is 0.356 e. The number of nitrogens with one attached hydrogen (secondary N) is 3. The summed E-state index contributed by atoms with van der Waals surface area (Å²) in [6, 6.07) is 11.0. The number of aliphatic imine (C=N–C) groups is 1. The number of benzene rings is 1. The zero-order chi connectivity index (χ0) is 19.2. The molecule has 142 valence electrons. The third kappa shape index (κ3) is 5.30. The Morgan fingerprint density at radius 3 is 2.38 bits per heavy atom. The molecule has 2 aromatic rings. The molecule has 0 unspecified atom stereocenters. The van der Waals surface area contributed by atoms with E-state index in [0.717, 1.165) is 12.1 Å². The number of hydrogen-bond donors (Lipinski definition) is 3. The van der Waals surface area contributed by atoms with E-state index in [1.54, 1.807) is 42.6 Å². The molecule has 0 atom stereocenters. The van der Waals surface area contributed by atoms with Crippen molar-refractivity contribution in [1.82, 2.24) is 15.4 Å².